The van der Waals surface area contributed by atoms with Gasteiger partial charge in [0, 0.05) is 12.8 Å². The fourth-order valence-electron chi connectivity index (χ4n) is 2.59. The number of H-pyrrole nitrogens is 1. The average molecular weight is 331 g/mol. The standard InChI is InChI=1S/C13H19BrN2OS/c1-2-17-11(9-6-4-3-5-7-9)12-15-8-10(14)13(18)16-12/h8-9,11H,2-7H2,1H3,(H,15,16,18). The van der Waals surface area contributed by atoms with Crippen LogP contribution in [-0.4, -0.2) is 16.6 Å². The number of hydrogen-bond donors (Lipinski definition) is 1. The largest absolute Gasteiger partial charge is 0.370 e. The number of nitrogens with one attached hydrogen (secondary N) is 1. The Kier molecular flexibility index (Phi) is 5.33. The van der Waals surface area contributed by atoms with E-state index in [1.807, 2.05) is 6.92 Å². The molecule has 1 fully saturated rings. The third kappa shape index (κ3) is 3.39. The van der Waals surface area contributed by atoms with Gasteiger partial charge in [-0.3, -0.25) is 0 Å². The van der Waals surface area contributed by atoms with E-state index in [0.29, 0.717) is 17.2 Å². The summed E-state index contributed by atoms with van der Waals surface area (Å²) in [6, 6.07) is 0. The van der Waals surface area contributed by atoms with Gasteiger partial charge in [0.2, 0.25) is 0 Å². The zero-order chi connectivity index (χ0) is 13.0. The van der Waals surface area contributed by atoms with Crippen molar-refractivity contribution in [3.8, 4) is 0 Å². The Morgan fingerprint density at radius 2 is 2.22 bits per heavy atom. The Morgan fingerprint density at radius 1 is 1.50 bits per heavy atom. The second-order valence-electron chi connectivity index (χ2n) is 4.72. The number of hydrogen-bond acceptors (Lipinski definition) is 3. The molecule has 1 saturated carbocycles. The van der Waals surface area contributed by atoms with Gasteiger partial charge in [-0.1, -0.05) is 31.5 Å². The first-order chi connectivity index (χ1) is 8.72. The summed E-state index contributed by atoms with van der Waals surface area (Å²) in [5, 5.41) is 0. The molecule has 0 spiro atoms. The summed E-state index contributed by atoms with van der Waals surface area (Å²) in [7, 11) is 0. The van der Waals surface area contributed by atoms with E-state index in [2.05, 4.69) is 25.9 Å². The van der Waals surface area contributed by atoms with Crippen LogP contribution in [0, 0.1) is 10.6 Å². The third-order valence-corrected chi connectivity index (χ3v) is 4.65. The third-order valence-electron chi connectivity index (χ3n) is 3.47. The maximum Gasteiger partial charge on any atom is 0.136 e. The lowest BCUT2D eigenvalue weighted by Crippen LogP contribution is -2.21. The minimum absolute atomic E-state index is 0.0603. The number of halogens is 1. The smallest absolute Gasteiger partial charge is 0.136 e. The first-order valence-electron chi connectivity index (χ1n) is 6.58. The van der Waals surface area contributed by atoms with Gasteiger partial charge < -0.3 is 9.72 Å². The maximum atomic E-state index is 5.91. The molecule has 0 saturated heterocycles. The van der Waals surface area contributed by atoms with Gasteiger partial charge in [-0.05, 0) is 41.6 Å². The van der Waals surface area contributed by atoms with E-state index < -0.39 is 0 Å². The topological polar surface area (TPSA) is 37.9 Å². The van der Waals surface area contributed by atoms with Crippen molar-refractivity contribution in [1.29, 1.82) is 0 Å². The Hall–Kier alpha value is -0.260. The molecule has 1 N–H and O–H groups in total. The highest BCUT2D eigenvalue weighted by molar-refractivity contribution is 9.10. The summed E-state index contributed by atoms with van der Waals surface area (Å²) >= 11 is 8.62. The van der Waals surface area contributed by atoms with E-state index >= 15 is 0 Å². The van der Waals surface area contributed by atoms with E-state index in [1.54, 1.807) is 6.20 Å². The van der Waals surface area contributed by atoms with Crippen molar-refractivity contribution >= 4 is 28.1 Å². The first kappa shape index (κ1) is 14.2. The summed E-state index contributed by atoms with van der Waals surface area (Å²) in [4.78, 5) is 7.63. The van der Waals surface area contributed by atoms with E-state index in [1.165, 1.54) is 32.1 Å². The van der Waals surface area contributed by atoms with Crippen LogP contribution in [0.25, 0.3) is 0 Å². The quantitative estimate of drug-likeness (QED) is 0.822. The molecule has 2 rings (SSSR count). The highest BCUT2D eigenvalue weighted by atomic mass is 79.9. The van der Waals surface area contributed by atoms with Crippen LogP contribution < -0.4 is 0 Å². The zero-order valence-corrected chi connectivity index (χ0v) is 13.0. The van der Waals surface area contributed by atoms with Crippen molar-refractivity contribution in [3.63, 3.8) is 0 Å². The highest BCUT2D eigenvalue weighted by Gasteiger charge is 2.27. The molecule has 0 amide bonds. The molecular weight excluding hydrogens is 312 g/mol. The van der Waals surface area contributed by atoms with Gasteiger partial charge in [-0.2, -0.15) is 0 Å². The van der Waals surface area contributed by atoms with Crippen LogP contribution in [-0.2, 0) is 4.74 Å². The molecule has 1 aromatic rings. The number of rotatable bonds is 4. The van der Waals surface area contributed by atoms with Gasteiger partial charge >= 0.3 is 0 Å². The molecule has 0 radical (unpaired) electrons. The van der Waals surface area contributed by atoms with E-state index in [4.69, 9.17) is 17.0 Å². The van der Waals surface area contributed by atoms with Gasteiger partial charge in [-0.25, -0.2) is 4.98 Å². The molecule has 1 aromatic heterocycles. The van der Waals surface area contributed by atoms with E-state index in [-0.39, 0.29) is 6.10 Å². The van der Waals surface area contributed by atoms with E-state index in [0.717, 1.165) is 10.3 Å². The summed E-state index contributed by atoms with van der Waals surface area (Å²) in [6.45, 7) is 2.74. The summed E-state index contributed by atoms with van der Waals surface area (Å²) in [5.41, 5.74) is 0. The molecule has 1 heterocycles. The monoisotopic (exact) mass is 330 g/mol. The summed E-state index contributed by atoms with van der Waals surface area (Å²) in [6.07, 6.45) is 8.22. The molecular formula is C13H19BrN2OS. The molecule has 1 unspecified atom stereocenters. The van der Waals surface area contributed by atoms with Crippen LogP contribution in [0.15, 0.2) is 10.7 Å². The van der Waals surface area contributed by atoms with Gasteiger partial charge in [-0.15, -0.1) is 0 Å². The fraction of sp³-hybridized carbons (Fsp3) is 0.692. The van der Waals surface area contributed by atoms with Crippen molar-refractivity contribution in [2.75, 3.05) is 6.61 Å². The maximum absolute atomic E-state index is 5.91. The Bertz CT molecular complexity index is 443. The van der Waals surface area contributed by atoms with Gasteiger partial charge in [0.05, 0.1) is 4.47 Å². The predicted octanol–water partition coefficient (Wildman–Crippen LogP) is 4.56. The molecule has 5 heteroatoms. The fourth-order valence-corrected chi connectivity index (χ4v) is 2.95. The highest BCUT2D eigenvalue weighted by Crippen LogP contribution is 2.35. The van der Waals surface area contributed by atoms with Crippen LogP contribution >= 0.6 is 28.1 Å². The molecule has 100 valence electrons. The lowest BCUT2D eigenvalue weighted by Gasteiger charge is -2.29. The lowest BCUT2D eigenvalue weighted by atomic mass is 9.85. The minimum atomic E-state index is 0.0603. The van der Waals surface area contributed by atoms with Crippen LogP contribution in [0.1, 0.15) is 51.0 Å². The zero-order valence-electron chi connectivity index (χ0n) is 10.6. The van der Waals surface area contributed by atoms with E-state index in [9.17, 15) is 0 Å². The summed E-state index contributed by atoms with van der Waals surface area (Å²) < 4.78 is 7.44. The molecule has 18 heavy (non-hydrogen) atoms. The number of aromatic amines is 1. The van der Waals surface area contributed by atoms with Gasteiger partial charge in [0.25, 0.3) is 0 Å². The van der Waals surface area contributed by atoms with Crippen molar-refractivity contribution < 1.29 is 4.74 Å². The Labute approximate surface area is 121 Å². The Balaban J connectivity index is 2.22. The minimum Gasteiger partial charge on any atom is -0.370 e. The average Bonchev–Trinajstić information content (AvgIpc) is 2.40. The lowest BCUT2D eigenvalue weighted by molar-refractivity contribution is -0.000286. The SMILES string of the molecule is CCOC(c1ncc(Br)c(=S)[nH]1)C1CCCCC1. The first-order valence-corrected chi connectivity index (χ1v) is 7.78. The molecule has 1 aliphatic rings. The Morgan fingerprint density at radius 3 is 2.83 bits per heavy atom. The second-order valence-corrected chi connectivity index (χ2v) is 5.98. The second kappa shape index (κ2) is 6.78. The molecule has 0 aromatic carbocycles. The van der Waals surface area contributed by atoms with Gasteiger partial charge in [0.15, 0.2) is 0 Å². The molecule has 3 nitrogen and oxygen atoms in total. The normalized spacial score (nSPS) is 18.8. The molecule has 0 bridgehead atoms. The van der Waals surface area contributed by atoms with Gasteiger partial charge in [0.1, 0.15) is 16.6 Å². The van der Waals surface area contributed by atoms with Crippen molar-refractivity contribution in [1.82, 2.24) is 9.97 Å². The van der Waals surface area contributed by atoms with Crippen LogP contribution in [0.5, 0.6) is 0 Å². The van der Waals surface area contributed by atoms with Crippen LogP contribution in [0.4, 0.5) is 0 Å². The number of aromatic nitrogens is 2. The number of ether oxygens (including phenoxy) is 1. The van der Waals surface area contributed by atoms with Crippen molar-refractivity contribution in [2.24, 2.45) is 5.92 Å². The van der Waals surface area contributed by atoms with Crippen LogP contribution in [0.2, 0.25) is 0 Å². The predicted molar refractivity (Wildman–Crippen MR) is 78.1 cm³/mol. The number of nitrogens with zero attached hydrogens (tertiary/aromatic N) is 1. The summed E-state index contributed by atoms with van der Waals surface area (Å²) in [5.74, 6) is 1.44. The van der Waals surface area contributed by atoms with Crippen LogP contribution in [0.3, 0.4) is 0 Å². The molecule has 1 atom stereocenters. The molecule has 0 aliphatic heterocycles. The van der Waals surface area contributed by atoms with Crippen molar-refractivity contribution in [2.45, 2.75) is 45.1 Å². The van der Waals surface area contributed by atoms with Crippen molar-refractivity contribution in [3.05, 3.63) is 21.1 Å². The molecule has 1 aliphatic carbocycles.